The molecule has 3 fully saturated rings. The van der Waals surface area contributed by atoms with Gasteiger partial charge in [-0.2, -0.15) is 0 Å². The van der Waals surface area contributed by atoms with Crippen molar-refractivity contribution in [1.82, 2.24) is 0 Å². The van der Waals surface area contributed by atoms with Crippen LogP contribution in [-0.2, 0) is 4.74 Å². The monoisotopic (exact) mass is 222 g/mol. The Morgan fingerprint density at radius 2 is 2.25 bits per heavy atom. The van der Waals surface area contributed by atoms with Crippen LogP contribution < -0.4 is 10.6 Å². The van der Waals surface area contributed by atoms with Crippen LogP contribution in [0.1, 0.15) is 12.8 Å². The average molecular weight is 222 g/mol. The maximum absolute atomic E-state index is 13.8. The molecule has 3 heterocycles. The fourth-order valence-corrected chi connectivity index (χ4v) is 2.60. The quantitative estimate of drug-likeness (QED) is 0.736. The van der Waals surface area contributed by atoms with Gasteiger partial charge in [0.1, 0.15) is 5.82 Å². The summed E-state index contributed by atoms with van der Waals surface area (Å²) in [6, 6.07) is 5.23. The van der Waals surface area contributed by atoms with Gasteiger partial charge in [-0.25, -0.2) is 4.39 Å². The largest absolute Gasteiger partial charge is 0.399 e. The smallest absolute Gasteiger partial charge is 0.148 e. The van der Waals surface area contributed by atoms with Gasteiger partial charge in [-0.3, -0.25) is 0 Å². The third-order valence-electron chi connectivity index (χ3n) is 3.47. The molecule has 0 amide bonds. The second-order valence-electron chi connectivity index (χ2n) is 4.55. The van der Waals surface area contributed by atoms with Gasteiger partial charge < -0.3 is 15.4 Å². The molecule has 0 saturated carbocycles. The lowest BCUT2D eigenvalue weighted by Crippen LogP contribution is -2.54. The Labute approximate surface area is 94.0 Å². The maximum atomic E-state index is 13.8. The summed E-state index contributed by atoms with van der Waals surface area (Å²) in [7, 11) is 0. The van der Waals surface area contributed by atoms with Crippen molar-refractivity contribution in [1.29, 1.82) is 0 Å². The molecule has 16 heavy (non-hydrogen) atoms. The molecule has 2 atom stereocenters. The van der Waals surface area contributed by atoms with Gasteiger partial charge in [-0.05, 0) is 31.0 Å². The van der Waals surface area contributed by atoms with Crippen LogP contribution >= 0.6 is 0 Å². The van der Waals surface area contributed by atoms with Gasteiger partial charge in [0.05, 0.1) is 24.4 Å². The number of nitrogen functional groups attached to an aromatic ring is 1. The third kappa shape index (κ3) is 1.53. The highest BCUT2D eigenvalue weighted by atomic mass is 19.1. The van der Waals surface area contributed by atoms with E-state index in [-0.39, 0.29) is 11.9 Å². The summed E-state index contributed by atoms with van der Waals surface area (Å²) in [5.41, 5.74) is 6.68. The molecule has 2 N–H and O–H groups in total. The number of morpholine rings is 1. The Hall–Kier alpha value is -1.29. The van der Waals surface area contributed by atoms with Crippen LogP contribution in [0.2, 0.25) is 0 Å². The van der Waals surface area contributed by atoms with Crippen LogP contribution in [0.3, 0.4) is 0 Å². The van der Waals surface area contributed by atoms with Crippen LogP contribution in [0, 0.1) is 5.82 Å². The molecule has 0 aliphatic carbocycles. The van der Waals surface area contributed by atoms with Crippen LogP contribution in [-0.4, -0.2) is 25.3 Å². The number of anilines is 2. The van der Waals surface area contributed by atoms with E-state index < -0.39 is 0 Å². The van der Waals surface area contributed by atoms with E-state index in [0.717, 1.165) is 19.4 Å². The topological polar surface area (TPSA) is 38.5 Å². The Bertz CT molecular complexity index is 402. The molecule has 3 saturated heterocycles. The Morgan fingerprint density at radius 3 is 2.81 bits per heavy atom. The van der Waals surface area contributed by atoms with Gasteiger partial charge in [0.15, 0.2) is 0 Å². The molecule has 0 aromatic heterocycles. The molecule has 0 radical (unpaired) electrons. The fraction of sp³-hybridized carbons (Fsp3) is 0.500. The van der Waals surface area contributed by atoms with E-state index in [9.17, 15) is 4.39 Å². The lowest BCUT2D eigenvalue weighted by Gasteiger charge is -2.46. The van der Waals surface area contributed by atoms with Gasteiger partial charge in [-0.15, -0.1) is 0 Å². The fourth-order valence-electron chi connectivity index (χ4n) is 2.60. The lowest BCUT2D eigenvalue weighted by molar-refractivity contribution is -0.0227. The summed E-state index contributed by atoms with van der Waals surface area (Å²) in [5, 5.41) is 0. The molecule has 3 nitrogen and oxygen atoms in total. The predicted molar refractivity (Wildman–Crippen MR) is 60.9 cm³/mol. The van der Waals surface area contributed by atoms with Crippen LogP contribution in [0.15, 0.2) is 18.2 Å². The number of nitrogens with zero attached hydrogens (tertiary/aromatic N) is 1. The first-order chi connectivity index (χ1) is 7.74. The average Bonchev–Trinajstić information content (AvgIpc) is 2.30. The van der Waals surface area contributed by atoms with Crippen molar-refractivity contribution < 1.29 is 9.13 Å². The molecule has 4 rings (SSSR count). The molecule has 86 valence electrons. The first-order valence-corrected chi connectivity index (χ1v) is 5.67. The van der Waals surface area contributed by atoms with Crippen molar-refractivity contribution in [2.75, 3.05) is 23.8 Å². The van der Waals surface area contributed by atoms with Gasteiger partial charge in [0.25, 0.3) is 0 Å². The number of benzene rings is 1. The molecular formula is C12H15FN2O. The van der Waals surface area contributed by atoms with Gasteiger partial charge in [0.2, 0.25) is 0 Å². The van der Waals surface area contributed by atoms with E-state index >= 15 is 0 Å². The number of nitrogens with two attached hydrogens (primary N) is 1. The summed E-state index contributed by atoms with van der Waals surface area (Å²) >= 11 is 0. The lowest BCUT2D eigenvalue weighted by atomic mass is 9.96. The zero-order valence-electron chi connectivity index (χ0n) is 9.03. The summed E-state index contributed by atoms with van der Waals surface area (Å²) in [4.78, 5) is 2.12. The normalized spacial score (nSPS) is 28.4. The summed E-state index contributed by atoms with van der Waals surface area (Å²) in [6.45, 7) is 1.51. The minimum atomic E-state index is -0.229. The van der Waals surface area contributed by atoms with Crippen molar-refractivity contribution >= 4 is 11.4 Å². The van der Waals surface area contributed by atoms with Gasteiger partial charge >= 0.3 is 0 Å². The molecule has 1 aromatic rings. The molecule has 3 aliphatic heterocycles. The predicted octanol–water partition coefficient (Wildman–Crippen LogP) is 1.78. The zero-order chi connectivity index (χ0) is 11.1. The number of halogens is 1. The minimum Gasteiger partial charge on any atom is -0.399 e. The number of hydrogen-bond acceptors (Lipinski definition) is 3. The number of rotatable bonds is 1. The number of fused-ring (bicyclic) bond motifs is 3. The Morgan fingerprint density at radius 1 is 1.38 bits per heavy atom. The van der Waals surface area contributed by atoms with Crippen LogP contribution in [0.4, 0.5) is 15.8 Å². The highest BCUT2D eigenvalue weighted by Gasteiger charge is 2.35. The number of hydrogen-bond donors (Lipinski definition) is 1. The first-order valence-electron chi connectivity index (χ1n) is 5.67. The van der Waals surface area contributed by atoms with Crippen LogP contribution in [0.5, 0.6) is 0 Å². The van der Waals surface area contributed by atoms with Crippen molar-refractivity contribution in [2.24, 2.45) is 0 Å². The number of ether oxygens (including phenoxy) is 1. The van der Waals surface area contributed by atoms with E-state index in [4.69, 9.17) is 10.5 Å². The second-order valence-corrected chi connectivity index (χ2v) is 4.55. The van der Waals surface area contributed by atoms with E-state index in [1.807, 2.05) is 0 Å². The van der Waals surface area contributed by atoms with E-state index in [1.54, 1.807) is 12.1 Å². The standard InChI is InChI=1S/C12H15FN2O/c13-11-5-8(14)1-4-12(11)15-6-10-3-2-9(15)7-16-10/h1,4-5,9-10H,2-3,6-7,14H2. The molecule has 2 unspecified atom stereocenters. The highest BCUT2D eigenvalue weighted by molar-refractivity contribution is 5.55. The van der Waals surface area contributed by atoms with Gasteiger partial charge in [-0.1, -0.05) is 0 Å². The molecule has 2 bridgehead atoms. The molecule has 4 heteroatoms. The molecular weight excluding hydrogens is 207 g/mol. The maximum Gasteiger partial charge on any atom is 0.148 e. The Kier molecular flexibility index (Phi) is 2.24. The highest BCUT2D eigenvalue weighted by Crippen LogP contribution is 2.32. The Balaban J connectivity index is 1.92. The summed E-state index contributed by atoms with van der Waals surface area (Å²) in [6.07, 6.45) is 2.45. The van der Waals surface area contributed by atoms with Crippen molar-refractivity contribution in [3.63, 3.8) is 0 Å². The first kappa shape index (κ1) is 9.90. The zero-order valence-corrected chi connectivity index (χ0v) is 9.03. The van der Waals surface area contributed by atoms with Crippen molar-refractivity contribution in [2.45, 2.75) is 25.0 Å². The summed E-state index contributed by atoms with van der Waals surface area (Å²) in [5.74, 6) is -0.229. The second kappa shape index (κ2) is 3.63. The molecule has 3 aliphatic rings. The molecule has 1 aromatic carbocycles. The number of piperidine rings is 1. The van der Waals surface area contributed by atoms with Crippen molar-refractivity contribution in [3.05, 3.63) is 24.0 Å². The van der Waals surface area contributed by atoms with E-state index in [1.165, 1.54) is 6.07 Å². The third-order valence-corrected chi connectivity index (χ3v) is 3.47. The molecule has 0 spiro atoms. The van der Waals surface area contributed by atoms with Crippen molar-refractivity contribution in [3.8, 4) is 0 Å². The van der Waals surface area contributed by atoms with E-state index in [2.05, 4.69) is 4.90 Å². The SMILES string of the molecule is Nc1ccc(N2CC3CCC2CO3)c(F)c1. The summed E-state index contributed by atoms with van der Waals surface area (Å²) < 4.78 is 19.4. The van der Waals surface area contributed by atoms with E-state index in [0.29, 0.717) is 24.0 Å². The van der Waals surface area contributed by atoms with Gasteiger partial charge in [0, 0.05) is 12.2 Å². The van der Waals surface area contributed by atoms with Crippen LogP contribution in [0.25, 0.3) is 0 Å². The minimum absolute atomic E-state index is 0.229.